The Hall–Kier alpha value is -6.44. The van der Waals surface area contributed by atoms with Gasteiger partial charge in [0.2, 0.25) is 0 Å². The third-order valence-electron chi connectivity index (χ3n) is 9.65. The van der Waals surface area contributed by atoms with Gasteiger partial charge in [0.25, 0.3) is 0 Å². The summed E-state index contributed by atoms with van der Waals surface area (Å²) in [6.45, 7) is 0. The fourth-order valence-electron chi connectivity index (χ4n) is 7.24. The van der Waals surface area contributed by atoms with Gasteiger partial charge in [-0.05, 0) is 102 Å². The highest BCUT2D eigenvalue weighted by Crippen LogP contribution is 2.40. The standard InChI is InChI=1S/C48H33N/c1-3-11-34(12-4-1)35-21-23-36(24-22-35)37-27-30-42(31-28-37)49(41-15-5-2-6-16-41)43-17-9-14-40(33-43)44-19-10-20-47-46(44)32-29-39-26-25-38-13-7-8-18-45(38)48(39)47/h1-33H. The zero-order valence-corrected chi connectivity index (χ0v) is 27.0. The molecule has 0 aromatic heterocycles. The molecule has 0 heterocycles. The van der Waals surface area contributed by atoms with Gasteiger partial charge in [-0.15, -0.1) is 0 Å². The Labute approximate surface area is 287 Å². The molecule has 0 unspecified atom stereocenters. The summed E-state index contributed by atoms with van der Waals surface area (Å²) in [5.41, 5.74) is 10.6. The van der Waals surface area contributed by atoms with E-state index in [2.05, 4.69) is 205 Å². The summed E-state index contributed by atoms with van der Waals surface area (Å²) in [4.78, 5) is 2.35. The average molecular weight is 624 g/mol. The van der Waals surface area contributed by atoms with Crippen LogP contribution in [-0.2, 0) is 0 Å². The first kappa shape index (κ1) is 28.8. The van der Waals surface area contributed by atoms with Gasteiger partial charge in [-0.1, -0.05) is 164 Å². The van der Waals surface area contributed by atoms with Crippen molar-refractivity contribution >= 4 is 49.4 Å². The lowest BCUT2D eigenvalue weighted by Gasteiger charge is -2.26. The highest BCUT2D eigenvalue weighted by molar-refractivity contribution is 6.22. The summed E-state index contributed by atoms with van der Waals surface area (Å²) in [7, 11) is 0. The van der Waals surface area contributed by atoms with Gasteiger partial charge in [0.1, 0.15) is 0 Å². The van der Waals surface area contributed by atoms with Gasteiger partial charge in [0.15, 0.2) is 0 Å². The molecule has 0 N–H and O–H groups in total. The van der Waals surface area contributed by atoms with Gasteiger partial charge in [0.05, 0.1) is 0 Å². The van der Waals surface area contributed by atoms with E-state index in [4.69, 9.17) is 0 Å². The van der Waals surface area contributed by atoms with Crippen LogP contribution in [0.2, 0.25) is 0 Å². The topological polar surface area (TPSA) is 3.24 Å². The smallest absolute Gasteiger partial charge is 0.0467 e. The molecular formula is C48H33N. The van der Waals surface area contributed by atoms with Crippen molar-refractivity contribution in [3.63, 3.8) is 0 Å². The normalized spacial score (nSPS) is 11.3. The summed E-state index contributed by atoms with van der Waals surface area (Å²) >= 11 is 0. The Morgan fingerprint density at radius 1 is 0.265 bits per heavy atom. The van der Waals surface area contributed by atoms with Gasteiger partial charge in [-0.25, -0.2) is 0 Å². The van der Waals surface area contributed by atoms with Gasteiger partial charge in [-0.3, -0.25) is 0 Å². The number of fused-ring (bicyclic) bond motifs is 5. The molecule has 1 nitrogen and oxygen atoms in total. The second-order valence-corrected chi connectivity index (χ2v) is 12.6. The lowest BCUT2D eigenvalue weighted by molar-refractivity contribution is 1.28. The Bertz CT molecular complexity index is 2570. The molecule has 0 radical (unpaired) electrons. The summed E-state index contributed by atoms with van der Waals surface area (Å²) in [5.74, 6) is 0. The van der Waals surface area contributed by atoms with Crippen LogP contribution in [0.15, 0.2) is 200 Å². The lowest BCUT2D eigenvalue weighted by atomic mass is 9.92. The van der Waals surface area contributed by atoms with Crippen LogP contribution in [0.25, 0.3) is 65.7 Å². The SMILES string of the molecule is c1ccc(-c2ccc(-c3ccc(N(c4ccccc4)c4cccc(-c5cccc6c5ccc5ccc7ccccc7c56)c4)cc3)cc2)cc1. The predicted molar refractivity (Wildman–Crippen MR) is 210 cm³/mol. The fraction of sp³-hybridized carbons (Fsp3) is 0. The zero-order valence-electron chi connectivity index (χ0n) is 27.0. The molecule has 0 aliphatic rings. The monoisotopic (exact) mass is 623 g/mol. The molecule has 9 aromatic carbocycles. The van der Waals surface area contributed by atoms with Crippen molar-refractivity contribution in [1.82, 2.24) is 0 Å². The van der Waals surface area contributed by atoms with Crippen LogP contribution in [0.5, 0.6) is 0 Å². The van der Waals surface area contributed by atoms with E-state index in [0.29, 0.717) is 0 Å². The van der Waals surface area contributed by atoms with Crippen LogP contribution in [0.3, 0.4) is 0 Å². The number of rotatable bonds is 6. The van der Waals surface area contributed by atoms with Crippen LogP contribution in [-0.4, -0.2) is 0 Å². The van der Waals surface area contributed by atoms with Crippen LogP contribution >= 0.6 is 0 Å². The van der Waals surface area contributed by atoms with Gasteiger partial charge in [-0.2, -0.15) is 0 Å². The molecule has 0 saturated heterocycles. The number of benzene rings is 9. The molecule has 0 spiro atoms. The maximum atomic E-state index is 2.35. The maximum Gasteiger partial charge on any atom is 0.0467 e. The molecule has 9 rings (SSSR count). The van der Waals surface area contributed by atoms with Gasteiger partial charge >= 0.3 is 0 Å². The number of nitrogens with zero attached hydrogens (tertiary/aromatic N) is 1. The molecule has 1 heteroatoms. The largest absolute Gasteiger partial charge is 0.310 e. The van der Waals surface area contributed by atoms with E-state index in [0.717, 1.165) is 17.1 Å². The van der Waals surface area contributed by atoms with E-state index in [-0.39, 0.29) is 0 Å². The van der Waals surface area contributed by atoms with Crippen molar-refractivity contribution < 1.29 is 0 Å². The van der Waals surface area contributed by atoms with E-state index in [1.165, 1.54) is 65.7 Å². The third-order valence-corrected chi connectivity index (χ3v) is 9.65. The van der Waals surface area contributed by atoms with Crippen molar-refractivity contribution in [1.29, 1.82) is 0 Å². The molecule has 0 atom stereocenters. The minimum atomic E-state index is 1.11. The van der Waals surface area contributed by atoms with Crippen molar-refractivity contribution in [2.24, 2.45) is 0 Å². The van der Waals surface area contributed by atoms with Gasteiger partial charge in [0, 0.05) is 17.1 Å². The summed E-state index contributed by atoms with van der Waals surface area (Å²) in [6, 6.07) is 72.3. The maximum absolute atomic E-state index is 2.35. The molecule has 0 bridgehead atoms. The molecule has 0 fully saturated rings. The minimum absolute atomic E-state index is 1.11. The first-order valence-electron chi connectivity index (χ1n) is 16.8. The first-order valence-corrected chi connectivity index (χ1v) is 16.8. The number of hydrogen-bond donors (Lipinski definition) is 0. The second-order valence-electron chi connectivity index (χ2n) is 12.6. The van der Waals surface area contributed by atoms with Crippen molar-refractivity contribution in [3.8, 4) is 33.4 Å². The van der Waals surface area contributed by atoms with E-state index in [9.17, 15) is 0 Å². The number of para-hydroxylation sites is 1. The molecule has 230 valence electrons. The Kier molecular flexibility index (Phi) is 7.22. The van der Waals surface area contributed by atoms with Crippen LogP contribution in [0.4, 0.5) is 17.1 Å². The van der Waals surface area contributed by atoms with E-state index in [1.54, 1.807) is 0 Å². The number of anilines is 3. The van der Waals surface area contributed by atoms with Crippen molar-refractivity contribution in [2.75, 3.05) is 4.90 Å². The van der Waals surface area contributed by atoms with E-state index in [1.807, 2.05) is 0 Å². The van der Waals surface area contributed by atoms with Crippen LogP contribution in [0.1, 0.15) is 0 Å². The highest BCUT2D eigenvalue weighted by Gasteiger charge is 2.15. The summed E-state index contributed by atoms with van der Waals surface area (Å²) in [5, 5.41) is 7.69. The van der Waals surface area contributed by atoms with E-state index < -0.39 is 0 Å². The molecule has 0 aliphatic heterocycles. The minimum Gasteiger partial charge on any atom is -0.310 e. The Balaban J connectivity index is 1.11. The highest BCUT2D eigenvalue weighted by atomic mass is 15.1. The van der Waals surface area contributed by atoms with Crippen molar-refractivity contribution in [3.05, 3.63) is 200 Å². The first-order chi connectivity index (χ1) is 24.3. The number of hydrogen-bond acceptors (Lipinski definition) is 1. The Morgan fingerprint density at radius 3 is 1.53 bits per heavy atom. The summed E-state index contributed by atoms with van der Waals surface area (Å²) < 4.78 is 0. The summed E-state index contributed by atoms with van der Waals surface area (Å²) in [6.07, 6.45) is 0. The second kappa shape index (κ2) is 12.3. The molecule has 49 heavy (non-hydrogen) atoms. The van der Waals surface area contributed by atoms with Crippen LogP contribution < -0.4 is 4.90 Å². The van der Waals surface area contributed by atoms with Crippen molar-refractivity contribution in [2.45, 2.75) is 0 Å². The molecule has 9 aromatic rings. The lowest BCUT2D eigenvalue weighted by Crippen LogP contribution is -2.09. The fourth-order valence-corrected chi connectivity index (χ4v) is 7.24. The molecular weight excluding hydrogens is 591 g/mol. The quantitative estimate of drug-likeness (QED) is 0.167. The van der Waals surface area contributed by atoms with Gasteiger partial charge < -0.3 is 4.90 Å². The Morgan fingerprint density at radius 2 is 0.776 bits per heavy atom. The predicted octanol–water partition coefficient (Wildman–Crippen LogP) is 13.6. The van der Waals surface area contributed by atoms with E-state index >= 15 is 0 Å². The van der Waals surface area contributed by atoms with Crippen LogP contribution in [0, 0.1) is 0 Å². The molecule has 0 aliphatic carbocycles. The third kappa shape index (κ3) is 5.32. The average Bonchev–Trinajstić information content (AvgIpc) is 3.19. The zero-order chi connectivity index (χ0) is 32.6. The molecule has 0 saturated carbocycles. The molecule has 0 amide bonds.